The number of benzene rings is 3. The van der Waals surface area contributed by atoms with Crippen LogP contribution in [0.3, 0.4) is 0 Å². The summed E-state index contributed by atoms with van der Waals surface area (Å²) in [5.74, 6) is 1.24. The Hall–Kier alpha value is -7.58. The summed E-state index contributed by atoms with van der Waals surface area (Å²) in [6.45, 7) is 8.06. The van der Waals surface area contributed by atoms with Crippen LogP contribution < -0.4 is 0 Å². The van der Waals surface area contributed by atoms with Gasteiger partial charge in [-0.05, 0) is 48.5 Å². The van der Waals surface area contributed by atoms with E-state index in [0.29, 0.717) is 45.8 Å². The van der Waals surface area contributed by atoms with E-state index >= 15 is 0 Å². The first kappa shape index (κ1) is 32.3. The fourth-order valence-electron chi connectivity index (χ4n) is 6.72. The number of hydrogen-bond donors (Lipinski definition) is 0. The molecule has 3 aromatic carbocycles. The molecule has 0 radical (unpaired) electrons. The molecule has 0 spiro atoms. The molecule has 54 heavy (non-hydrogen) atoms. The van der Waals surface area contributed by atoms with E-state index < -0.39 is 0 Å². The Kier molecular flexibility index (Phi) is 8.30. The minimum Gasteiger partial charge on any atom is -0.300 e. The van der Waals surface area contributed by atoms with Gasteiger partial charge in [-0.2, -0.15) is 0 Å². The van der Waals surface area contributed by atoms with Crippen molar-refractivity contribution in [2.24, 2.45) is 0 Å². The lowest BCUT2D eigenvalue weighted by molar-refractivity contribution is 1.11. The molecule has 0 aliphatic heterocycles. The number of imidazole rings is 2. The van der Waals surface area contributed by atoms with Crippen molar-refractivity contribution in [2.45, 2.75) is 0 Å². The first-order valence-electron chi connectivity index (χ1n) is 17.5. The molecule has 0 atom stereocenters. The van der Waals surface area contributed by atoms with Crippen LogP contribution in [0, 0.1) is 0 Å². The van der Waals surface area contributed by atoms with E-state index in [9.17, 15) is 0 Å². The zero-order valence-electron chi connectivity index (χ0n) is 29.2. The van der Waals surface area contributed by atoms with Gasteiger partial charge in [0, 0.05) is 29.1 Å². The highest BCUT2D eigenvalue weighted by atomic mass is 15.1. The van der Waals surface area contributed by atoms with E-state index in [1.807, 2.05) is 138 Å². The van der Waals surface area contributed by atoms with Crippen LogP contribution in [0.5, 0.6) is 0 Å². The number of nitrogens with zero attached hydrogens (tertiary/aromatic N) is 8. The van der Waals surface area contributed by atoms with Gasteiger partial charge in [0.25, 0.3) is 0 Å². The van der Waals surface area contributed by atoms with Crippen LogP contribution in [0.25, 0.3) is 97.4 Å². The molecule has 0 N–H and O–H groups in total. The standard InChI is InChI=1S/C46H32N8/c1-3-40-51-42(44(53(40)4-2)31-18-8-5-9-19-31)36-26-16-24-34(47-36)38-30-39(50-46(49-38)33-22-12-7-13-23-33)35-25-17-27-37(48-35)43-45(32-20-10-6-11-21-32)54-29-15-14-28-41(54)52-43/h3-30H,1-2H2. The van der Waals surface area contributed by atoms with Gasteiger partial charge in [0.2, 0.25) is 0 Å². The van der Waals surface area contributed by atoms with E-state index in [2.05, 4.69) is 41.8 Å². The molecule has 9 rings (SSSR count). The van der Waals surface area contributed by atoms with Crippen LogP contribution >= 0.6 is 0 Å². The maximum atomic E-state index is 5.19. The van der Waals surface area contributed by atoms with Crippen LogP contribution in [0.1, 0.15) is 5.82 Å². The first-order valence-corrected chi connectivity index (χ1v) is 17.5. The molecule has 0 unspecified atom stereocenters. The van der Waals surface area contributed by atoms with E-state index in [4.69, 9.17) is 29.9 Å². The molecule has 0 bridgehead atoms. The second-order valence-corrected chi connectivity index (χ2v) is 12.5. The first-order chi connectivity index (χ1) is 26.7. The normalized spacial score (nSPS) is 11.1. The minimum absolute atomic E-state index is 0.565. The molecule has 8 nitrogen and oxygen atoms in total. The summed E-state index contributed by atoms with van der Waals surface area (Å²) in [5.41, 5.74) is 11.2. The fourth-order valence-corrected chi connectivity index (χ4v) is 6.72. The third-order valence-electron chi connectivity index (χ3n) is 9.19. The van der Waals surface area contributed by atoms with Crippen molar-refractivity contribution in [3.8, 4) is 79.5 Å². The molecule has 0 aliphatic carbocycles. The van der Waals surface area contributed by atoms with Gasteiger partial charge in [-0.1, -0.05) is 122 Å². The highest BCUT2D eigenvalue weighted by Crippen LogP contribution is 2.36. The monoisotopic (exact) mass is 696 g/mol. The van der Waals surface area contributed by atoms with Crippen LogP contribution in [0.2, 0.25) is 0 Å². The summed E-state index contributed by atoms with van der Waals surface area (Å²) in [6, 6.07) is 50.1. The number of aromatic nitrogens is 8. The molecule has 0 fully saturated rings. The third kappa shape index (κ3) is 5.87. The molecule has 6 heterocycles. The van der Waals surface area contributed by atoms with Crippen molar-refractivity contribution in [3.63, 3.8) is 0 Å². The van der Waals surface area contributed by atoms with Gasteiger partial charge in [-0.15, -0.1) is 0 Å². The second-order valence-electron chi connectivity index (χ2n) is 12.5. The molecule has 6 aromatic heterocycles. The zero-order chi connectivity index (χ0) is 36.4. The number of rotatable bonds is 9. The van der Waals surface area contributed by atoms with Crippen LogP contribution in [0.4, 0.5) is 0 Å². The van der Waals surface area contributed by atoms with Crippen molar-refractivity contribution in [1.29, 1.82) is 0 Å². The van der Waals surface area contributed by atoms with Gasteiger partial charge in [0.15, 0.2) is 5.82 Å². The van der Waals surface area contributed by atoms with Crippen LogP contribution in [-0.4, -0.2) is 38.9 Å². The van der Waals surface area contributed by atoms with Crippen molar-refractivity contribution in [3.05, 3.63) is 177 Å². The Bertz CT molecular complexity index is 2800. The maximum absolute atomic E-state index is 5.19. The molecule has 256 valence electrons. The van der Waals surface area contributed by atoms with E-state index in [1.165, 1.54) is 0 Å². The van der Waals surface area contributed by atoms with Crippen molar-refractivity contribution in [2.75, 3.05) is 0 Å². The Morgan fingerprint density at radius 3 is 1.52 bits per heavy atom. The van der Waals surface area contributed by atoms with E-state index in [-0.39, 0.29) is 0 Å². The average Bonchev–Trinajstić information content (AvgIpc) is 3.84. The molecule has 0 saturated carbocycles. The topological polar surface area (TPSA) is 86.7 Å². The van der Waals surface area contributed by atoms with Crippen molar-refractivity contribution >= 4 is 17.9 Å². The van der Waals surface area contributed by atoms with E-state index in [0.717, 1.165) is 45.1 Å². The number of hydrogen-bond acceptors (Lipinski definition) is 6. The lowest BCUT2D eigenvalue weighted by Crippen LogP contribution is -1.99. The minimum atomic E-state index is 0.565. The lowest BCUT2D eigenvalue weighted by atomic mass is 10.1. The van der Waals surface area contributed by atoms with Gasteiger partial charge >= 0.3 is 0 Å². The van der Waals surface area contributed by atoms with Gasteiger partial charge in [0.05, 0.1) is 45.6 Å². The Balaban J connectivity index is 1.20. The second kappa shape index (κ2) is 13.9. The SMILES string of the molecule is C=Cc1nc(-c2cccc(-c3cc(-c4cccc(-c5nc6ccccn6c5-c5ccccc5)n4)nc(-c4ccccc4)n3)n2)c(-c2ccccc2)n1C=C. The molecule has 0 amide bonds. The summed E-state index contributed by atoms with van der Waals surface area (Å²) < 4.78 is 4.04. The molecule has 9 aromatic rings. The molecule has 8 heteroatoms. The quantitative estimate of drug-likeness (QED) is 0.149. The van der Waals surface area contributed by atoms with Gasteiger partial charge in [-0.25, -0.2) is 29.9 Å². The average molecular weight is 697 g/mol. The maximum Gasteiger partial charge on any atom is 0.160 e. The smallest absolute Gasteiger partial charge is 0.160 e. The van der Waals surface area contributed by atoms with Crippen LogP contribution in [-0.2, 0) is 0 Å². The molecule has 0 aliphatic rings. The summed E-state index contributed by atoms with van der Waals surface area (Å²) >= 11 is 0. The summed E-state index contributed by atoms with van der Waals surface area (Å²) in [5, 5.41) is 0. The Labute approximate surface area is 312 Å². The summed E-state index contributed by atoms with van der Waals surface area (Å²) in [7, 11) is 0. The Morgan fingerprint density at radius 2 is 0.944 bits per heavy atom. The van der Waals surface area contributed by atoms with Gasteiger partial charge in [0.1, 0.15) is 22.9 Å². The Morgan fingerprint density at radius 1 is 0.426 bits per heavy atom. The largest absolute Gasteiger partial charge is 0.300 e. The van der Waals surface area contributed by atoms with Gasteiger partial charge < -0.3 is 0 Å². The fraction of sp³-hybridized carbons (Fsp3) is 0. The molecular formula is C46H32N8. The lowest BCUT2D eigenvalue weighted by Gasteiger charge is -2.11. The molecule has 0 saturated heterocycles. The van der Waals surface area contributed by atoms with Crippen molar-refractivity contribution < 1.29 is 0 Å². The predicted octanol–water partition coefficient (Wildman–Crippen LogP) is 10.5. The summed E-state index contributed by atoms with van der Waals surface area (Å²) in [6.07, 6.45) is 5.50. The summed E-state index contributed by atoms with van der Waals surface area (Å²) in [4.78, 5) is 30.5. The zero-order valence-corrected chi connectivity index (χ0v) is 29.2. The molecular weight excluding hydrogens is 665 g/mol. The van der Waals surface area contributed by atoms with Gasteiger partial charge in [-0.3, -0.25) is 8.97 Å². The highest BCUT2D eigenvalue weighted by Gasteiger charge is 2.21. The van der Waals surface area contributed by atoms with Crippen molar-refractivity contribution in [1.82, 2.24) is 38.9 Å². The van der Waals surface area contributed by atoms with Crippen LogP contribution in [0.15, 0.2) is 171 Å². The highest BCUT2D eigenvalue weighted by molar-refractivity contribution is 5.83. The predicted molar refractivity (Wildman–Crippen MR) is 217 cm³/mol. The van der Waals surface area contributed by atoms with E-state index in [1.54, 1.807) is 12.3 Å². The number of pyridine rings is 3. The number of fused-ring (bicyclic) bond motifs is 1. The third-order valence-corrected chi connectivity index (χ3v) is 9.19.